The lowest BCUT2D eigenvalue weighted by Crippen LogP contribution is -2.17. The molecule has 0 aromatic heterocycles. The molecule has 0 saturated heterocycles. The number of nitrogens with one attached hydrogen (secondary N) is 1. The van der Waals surface area contributed by atoms with Crippen LogP contribution in [0.1, 0.15) is 34.0 Å². The molecule has 1 aliphatic carbocycles. The maximum atomic E-state index is 14.1. The maximum Gasteiger partial charge on any atom is 0.405 e. The van der Waals surface area contributed by atoms with Crippen LogP contribution >= 0.6 is 11.6 Å². The van der Waals surface area contributed by atoms with Crippen molar-refractivity contribution < 1.29 is 23.1 Å². The Labute approximate surface area is 146 Å². The average molecular weight is 367 g/mol. The first-order chi connectivity index (χ1) is 11.9. The molecule has 0 fully saturated rings. The summed E-state index contributed by atoms with van der Waals surface area (Å²) in [6.07, 6.45) is -1.13. The minimum atomic E-state index is -1.01. The Hall–Kier alpha value is -2.67. The molecule has 5 nitrogen and oxygen atoms in total. The molecule has 0 bridgehead atoms. The summed E-state index contributed by atoms with van der Waals surface area (Å²) in [6, 6.07) is 6.25. The molecular formula is C17H13ClF2N2O3. The number of carbonyl (C=O) groups is 2. The van der Waals surface area contributed by atoms with E-state index in [4.69, 9.17) is 22.1 Å². The third-order valence-corrected chi connectivity index (χ3v) is 4.25. The predicted molar refractivity (Wildman–Crippen MR) is 87.5 cm³/mol. The number of halogens is 3. The van der Waals surface area contributed by atoms with Gasteiger partial charge in [0.2, 0.25) is 0 Å². The van der Waals surface area contributed by atoms with Gasteiger partial charge in [-0.2, -0.15) is 0 Å². The fraction of sp³-hybridized carbons (Fsp3) is 0.176. The van der Waals surface area contributed by atoms with E-state index < -0.39 is 29.7 Å². The van der Waals surface area contributed by atoms with Crippen LogP contribution in [0.4, 0.5) is 19.3 Å². The summed E-state index contributed by atoms with van der Waals surface area (Å²) in [4.78, 5) is 23.5. The molecule has 8 heteroatoms. The number of carbonyl (C=O) groups excluding carboxylic acids is 2. The molecule has 3 N–H and O–H groups in total. The highest BCUT2D eigenvalue weighted by atomic mass is 35.5. The van der Waals surface area contributed by atoms with E-state index in [1.807, 2.05) is 0 Å². The van der Waals surface area contributed by atoms with Crippen molar-refractivity contribution >= 4 is 29.3 Å². The normalized spacial score (nSPS) is 15.6. The molecule has 0 heterocycles. The molecule has 0 saturated carbocycles. The number of nitrogens with two attached hydrogens (primary N) is 1. The number of primary amides is 1. The Kier molecular flexibility index (Phi) is 4.59. The van der Waals surface area contributed by atoms with Crippen molar-refractivity contribution in [3.05, 3.63) is 63.7 Å². The Morgan fingerprint density at radius 2 is 1.92 bits per heavy atom. The summed E-state index contributed by atoms with van der Waals surface area (Å²) in [5.41, 5.74) is 6.16. The summed E-state index contributed by atoms with van der Waals surface area (Å²) < 4.78 is 32.2. The van der Waals surface area contributed by atoms with Gasteiger partial charge in [-0.05, 0) is 48.7 Å². The standard InChI is InChI=1S/C17H13ClF2N2O3/c18-11-7-8(1-4-12(11)19)22-16(23)10-2-5-13(20)15-9(10)3-6-14(15)25-17(21)24/h1-2,4-5,7,14H,3,6H2,(H2,21,24)(H,22,23)/t14-/m0/s1. The van der Waals surface area contributed by atoms with E-state index in [0.29, 0.717) is 24.1 Å². The van der Waals surface area contributed by atoms with Gasteiger partial charge in [0.1, 0.15) is 17.7 Å². The van der Waals surface area contributed by atoms with E-state index in [-0.39, 0.29) is 16.1 Å². The van der Waals surface area contributed by atoms with Gasteiger partial charge in [0.25, 0.3) is 5.91 Å². The summed E-state index contributed by atoms with van der Waals surface area (Å²) >= 11 is 5.69. The molecule has 2 amide bonds. The van der Waals surface area contributed by atoms with Crippen molar-refractivity contribution in [3.63, 3.8) is 0 Å². The van der Waals surface area contributed by atoms with Crippen LogP contribution in [0.2, 0.25) is 5.02 Å². The van der Waals surface area contributed by atoms with Crippen molar-refractivity contribution in [1.29, 1.82) is 0 Å². The van der Waals surface area contributed by atoms with Gasteiger partial charge in [-0.25, -0.2) is 13.6 Å². The first-order valence-electron chi connectivity index (χ1n) is 7.40. The Morgan fingerprint density at radius 3 is 2.60 bits per heavy atom. The predicted octanol–water partition coefficient (Wildman–Crippen LogP) is 3.95. The average Bonchev–Trinajstić information content (AvgIpc) is 2.95. The van der Waals surface area contributed by atoms with Crippen LogP contribution in [-0.2, 0) is 11.2 Å². The van der Waals surface area contributed by atoms with Gasteiger partial charge in [0.15, 0.2) is 0 Å². The number of ether oxygens (including phenoxy) is 1. The number of fused-ring (bicyclic) bond motifs is 1. The summed E-state index contributed by atoms with van der Waals surface area (Å²) in [5.74, 6) is -1.67. The summed E-state index contributed by atoms with van der Waals surface area (Å²) in [6.45, 7) is 0. The molecule has 0 unspecified atom stereocenters. The number of benzene rings is 2. The highest BCUT2D eigenvalue weighted by Crippen LogP contribution is 2.38. The highest BCUT2D eigenvalue weighted by molar-refractivity contribution is 6.31. The van der Waals surface area contributed by atoms with E-state index in [0.717, 1.165) is 12.1 Å². The molecule has 0 aliphatic heterocycles. The topological polar surface area (TPSA) is 81.4 Å². The van der Waals surface area contributed by atoms with E-state index in [1.165, 1.54) is 18.2 Å². The van der Waals surface area contributed by atoms with Crippen LogP contribution in [0, 0.1) is 11.6 Å². The molecule has 1 atom stereocenters. The summed E-state index contributed by atoms with van der Waals surface area (Å²) in [5, 5.41) is 2.46. The molecule has 2 aromatic carbocycles. The highest BCUT2D eigenvalue weighted by Gasteiger charge is 2.32. The van der Waals surface area contributed by atoms with E-state index in [1.54, 1.807) is 0 Å². The van der Waals surface area contributed by atoms with Crippen LogP contribution in [0.3, 0.4) is 0 Å². The SMILES string of the molecule is NC(=O)O[C@H]1CCc2c(C(=O)Nc3ccc(F)c(Cl)c3)ccc(F)c21. The number of hydrogen-bond donors (Lipinski definition) is 2. The number of rotatable bonds is 3. The Balaban J connectivity index is 1.90. The lowest BCUT2D eigenvalue weighted by atomic mass is 10.0. The van der Waals surface area contributed by atoms with Crippen LogP contribution < -0.4 is 11.1 Å². The lowest BCUT2D eigenvalue weighted by Gasteiger charge is -2.14. The van der Waals surface area contributed by atoms with Crippen molar-refractivity contribution in [2.45, 2.75) is 18.9 Å². The van der Waals surface area contributed by atoms with E-state index in [2.05, 4.69) is 5.32 Å². The number of anilines is 1. The monoisotopic (exact) mass is 366 g/mol. The van der Waals surface area contributed by atoms with Gasteiger partial charge in [-0.15, -0.1) is 0 Å². The molecular weight excluding hydrogens is 354 g/mol. The van der Waals surface area contributed by atoms with E-state index >= 15 is 0 Å². The summed E-state index contributed by atoms with van der Waals surface area (Å²) in [7, 11) is 0. The zero-order valence-electron chi connectivity index (χ0n) is 12.8. The van der Waals surface area contributed by atoms with E-state index in [9.17, 15) is 18.4 Å². The van der Waals surface area contributed by atoms with Crippen LogP contribution in [-0.4, -0.2) is 12.0 Å². The minimum absolute atomic E-state index is 0.128. The van der Waals surface area contributed by atoms with Gasteiger partial charge < -0.3 is 15.8 Å². The van der Waals surface area contributed by atoms with Gasteiger partial charge in [0.05, 0.1) is 5.02 Å². The molecule has 25 heavy (non-hydrogen) atoms. The smallest absolute Gasteiger partial charge is 0.405 e. The fourth-order valence-corrected chi connectivity index (χ4v) is 3.10. The molecule has 0 radical (unpaired) electrons. The quantitative estimate of drug-likeness (QED) is 0.862. The van der Waals surface area contributed by atoms with Crippen LogP contribution in [0.15, 0.2) is 30.3 Å². The molecule has 1 aliphatic rings. The second-order valence-electron chi connectivity index (χ2n) is 5.53. The molecule has 130 valence electrons. The third-order valence-electron chi connectivity index (χ3n) is 3.96. The van der Waals surface area contributed by atoms with Crippen molar-refractivity contribution in [3.8, 4) is 0 Å². The molecule has 2 aromatic rings. The van der Waals surface area contributed by atoms with Gasteiger partial charge in [-0.1, -0.05) is 11.6 Å². The first kappa shape index (κ1) is 17.2. The van der Waals surface area contributed by atoms with Crippen molar-refractivity contribution in [2.75, 3.05) is 5.32 Å². The molecule has 0 spiro atoms. The first-order valence-corrected chi connectivity index (χ1v) is 7.78. The van der Waals surface area contributed by atoms with Gasteiger partial charge in [-0.3, -0.25) is 4.79 Å². The van der Waals surface area contributed by atoms with Gasteiger partial charge >= 0.3 is 6.09 Å². The Morgan fingerprint density at radius 1 is 1.20 bits per heavy atom. The fourth-order valence-electron chi connectivity index (χ4n) is 2.92. The lowest BCUT2D eigenvalue weighted by molar-refractivity contribution is 0.102. The Bertz CT molecular complexity index is 873. The number of hydrogen-bond acceptors (Lipinski definition) is 3. The molecule has 3 rings (SSSR count). The van der Waals surface area contributed by atoms with Crippen molar-refractivity contribution in [2.24, 2.45) is 5.73 Å². The van der Waals surface area contributed by atoms with Crippen molar-refractivity contribution in [1.82, 2.24) is 0 Å². The minimum Gasteiger partial charge on any atom is -0.441 e. The maximum absolute atomic E-state index is 14.1. The number of amides is 2. The second-order valence-corrected chi connectivity index (χ2v) is 5.94. The second kappa shape index (κ2) is 6.68. The zero-order valence-corrected chi connectivity index (χ0v) is 13.6. The zero-order chi connectivity index (χ0) is 18.1. The largest absolute Gasteiger partial charge is 0.441 e. The van der Waals surface area contributed by atoms with Crippen LogP contribution in [0.25, 0.3) is 0 Å². The van der Waals surface area contributed by atoms with Gasteiger partial charge in [0, 0.05) is 16.8 Å². The third kappa shape index (κ3) is 3.41. The van der Waals surface area contributed by atoms with Crippen LogP contribution in [0.5, 0.6) is 0 Å².